The number of rotatable bonds is 5. The third kappa shape index (κ3) is 4.28. The lowest BCUT2D eigenvalue weighted by molar-refractivity contribution is 0.490. The van der Waals surface area contributed by atoms with Crippen molar-refractivity contribution in [2.75, 3.05) is 0 Å². The smallest absolute Gasteiger partial charge is 0.220 e. The van der Waals surface area contributed by atoms with E-state index >= 15 is 0 Å². The fourth-order valence-corrected chi connectivity index (χ4v) is 15.3. The summed E-state index contributed by atoms with van der Waals surface area (Å²) in [5.41, 5.74) is 3.72. The Balaban J connectivity index is 1.33. The average Bonchev–Trinajstić information content (AvgIpc) is 3.77. The van der Waals surface area contributed by atoms with Gasteiger partial charge in [0.2, 0.25) is 5.78 Å². The maximum atomic E-state index is 9.09. The van der Waals surface area contributed by atoms with Crippen molar-refractivity contribution < 1.29 is 17.1 Å². The molecule has 6 heteroatoms. The van der Waals surface area contributed by atoms with Gasteiger partial charge < -0.3 is 4.74 Å². The van der Waals surface area contributed by atoms with Gasteiger partial charge in [-0.05, 0) is 79.9 Å². The third-order valence-electron chi connectivity index (χ3n) is 10.5. The van der Waals surface area contributed by atoms with Gasteiger partial charge in [0.25, 0.3) is 0 Å². The molecular weight excluding hydrogens is 667 g/mol. The topological polar surface area (TPSA) is 31.5 Å². The molecule has 0 N–H and O–H groups in total. The minimum atomic E-state index is -4.65. The molecule has 0 spiro atoms. The maximum Gasteiger partial charge on any atom is 0.220 e. The fourth-order valence-electron chi connectivity index (χ4n) is 8.26. The molecule has 4 nitrogen and oxygen atoms in total. The van der Waals surface area contributed by atoms with Crippen molar-refractivity contribution in [2.45, 2.75) is 19.8 Å². The number of aryl methyl sites for hydroxylation is 1. The zero-order valence-electron chi connectivity index (χ0n) is 36.9. The Morgan fingerprint density at radius 2 is 1.23 bits per heavy atom. The first-order valence-electron chi connectivity index (χ1n) is 21.7. The van der Waals surface area contributed by atoms with Crippen molar-refractivity contribution in [1.82, 2.24) is 14.0 Å². The van der Waals surface area contributed by atoms with E-state index in [-0.39, 0.29) is 27.4 Å². The number of hydrogen-bond acceptors (Lipinski definition) is 2. The van der Waals surface area contributed by atoms with E-state index in [2.05, 4.69) is 36.4 Å². The van der Waals surface area contributed by atoms with Crippen molar-refractivity contribution in [1.29, 1.82) is 0 Å². The molecule has 0 bridgehead atoms. The number of ether oxygens (including phenoxy) is 1. The number of aromatic nitrogens is 3. The molecule has 0 aliphatic carbocycles. The predicted molar refractivity (Wildman–Crippen MR) is 221 cm³/mol. The van der Waals surface area contributed by atoms with Crippen LogP contribution in [0.25, 0.3) is 33.5 Å². The summed E-state index contributed by atoms with van der Waals surface area (Å²) >= 11 is 0. The Morgan fingerprint density at radius 3 is 2.00 bits per heavy atom. The highest BCUT2D eigenvalue weighted by atomic mass is 28.3. The molecule has 9 aromatic rings. The lowest BCUT2D eigenvalue weighted by Gasteiger charge is -2.40. The molecule has 1 aliphatic rings. The maximum absolute atomic E-state index is 9.09. The molecule has 0 amide bonds. The highest BCUT2D eigenvalue weighted by molar-refractivity contribution is 7.20. The summed E-state index contributed by atoms with van der Waals surface area (Å²) in [5.74, 6) is 1.05. The number of imidazole rings is 2. The van der Waals surface area contributed by atoms with Crippen LogP contribution < -0.4 is 35.9 Å². The third-order valence-corrected chi connectivity index (χ3v) is 17.7. The lowest BCUT2D eigenvalue weighted by atomic mass is 10.2. The Kier molecular flexibility index (Phi) is 5.05. The number of nitrogens with zero attached hydrogens (tertiary/aromatic N) is 3. The minimum Gasteiger partial charge on any atom is -0.458 e. The van der Waals surface area contributed by atoms with Gasteiger partial charge in [-0.1, -0.05) is 146 Å². The van der Waals surface area contributed by atoms with Crippen LogP contribution in [0.2, 0.25) is 13.0 Å². The molecule has 0 fully saturated rings. The van der Waals surface area contributed by atoms with Gasteiger partial charge in [-0.25, -0.2) is 4.98 Å². The van der Waals surface area contributed by atoms with Crippen molar-refractivity contribution in [3.05, 3.63) is 175 Å². The Labute approximate surface area is 317 Å². The normalized spacial score (nSPS) is 16.9. The molecule has 0 saturated heterocycles. The zero-order valence-corrected chi connectivity index (χ0v) is 29.9. The highest BCUT2D eigenvalue weighted by Gasteiger charge is 2.47. The fraction of sp³-hybridized carbons (Fsp3) is 0.0652. The molecule has 0 atom stereocenters. The summed E-state index contributed by atoms with van der Waals surface area (Å²) in [5, 5.41) is 4.03. The number of benzene rings is 7. The molecule has 0 radical (unpaired) electrons. The first-order valence-corrected chi connectivity index (χ1v) is 21.2. The summed E-state index contributed by atoms with van der Waals surface area (Å²) in [6.45, 7) is -8.13. The molecule has 0 saturated carbocycles. The predicted octanol–water partition coefficient (Wildman–Crippen LogP) is 7.05. The van der Waals surface area contributed by atoms with E-state index in [4.69, 9.17) is 22.1 Å². The summed E-state index contributed by atoms with van der Waals surface area (Å²) in [4.78, 5) is 5.06. The molecule has 1 aliphatic heterocycles. The molecule has 10 rings (SSSR count). The van der Waals surface area contributed by atoms with Gasteiger partial charge in [-0.3, -0.25) is 8.97 Å². The second-order valence-electron chi connectivity index (χ2n) is 13.3. The molecule has 0 unspecified atom stereocenters. The zero-order chi connectivity index (χ0) is 42.5. The Hall–Kier alpha value is -5.96. The van der Waals surface area contributed by atoms with Gasteiger partial charge >= 0.3 is 0 Å². The second-order valence-corrected chi connectivity index (χ2v) is 19.7. The first-order chi connectivity index (χ1) is 29.2. The van der Waals surface area contributed by atoms with Gasteiger partial charge in [-0.2, -0.15) is 0 Å². The van der Waals surface area contributed by atoms with Gasteiger partial charge in [0.1, 0.15) is 19.6 Å². The Bertz CT molecular complexity index is 3100. The largest absolute Gasteiger partial charge is 0.458 e. The van der Waals surface area contributed by atoms with Crippen LogP contribution in [-0.2, 0) is 0 Å². The summed E-state index contributed by atoms with van der Waals surface area (Å²) in [6.07, 6.45) is 0. The van der Waals surface area contributed by atoms with E-state index in [0.717, 1.165) is 37.5 Å². The van der Waals surface area contributed by atoms with E-state index in [1.807, 2.05) is 93.9 Å². The van der Waals surface area contributed by atoms with Gasteiger partial charge in [0, 0.05) is 18.0 Å². The van der Waals surface area contributed by atoms with Gasteiger partial charge in [0.15, 0.2) is 8.07 Å². The van der Waals surface area contributed by atoms with Crippen molar-refractivity contribution in [3.63, 3.8) is 0 Å². The van der Waals surface area contributed by atoms with Crippen LogP contribution in [0.3, 0.4) is 0 Å². The van der Waals surface area contributed by atoms with Crippen LogP contribution in [0.1, 0.15) is 17.9 Å². The highest BCUT2D eigenvalue weighted by Crippen LogP contribution is 2.32. The number of para-hydroxylation sites is 5. The summed E-state index contributed by atoms with van der Waals surface area (Å²) in [6, 6.07) is 53.7. The van der Waals surface area contributed by atoms with E-state index < -0.39 is 35.9 Å². The summed E-state index contributed by atoms with van der Waals surface area (Å²) in [7, 11) is -8.26. The van der Waals surface area contributed by atoms with E-state index in [1.165, 1.54) is 0 Å². The quantitative estimate of drug-likeness (QED) is 0.142. The molecule has 3 heterocycles. The SMILES string of the molecule is [2H]C([2H])([2H])c1cccc2c1nc1n(-c3cccc([Si](c4ccccc4)(c4ccccc4)c4cccc5c4Oc4ccccc4[Si]5(C([2H])([2H])[2H])C([2H])([2H])[2H])c3)c3ccccc3n21. The molecular formula is C46H37N3OSi2. The van der Waals surface area contributed by atoms with Crippen LogP contribution in [0.4, 0.5) is 0 Å². The van der Waals surface area contributed by atoms with Crippen LogP contribution >= 0.6 is 0 Å². The minimum absolute atomic E-state index is 0.168. The van der Waals surface area contributed by atoms with Crippen LogP contribution in [0.5, 0.6) is 11.5 Å². The van der Waals surface area contributed by atoms with Crippen molar-refractivity contribution >= 4 is 75.1 Å². The van der Waals surface area contributed by atoms with E-state index in [0.29, 0.717) is 16.8 Å². The summed E-state index contributed by atoms with van der Waals surface area (Å²) < 4.78 is 90.4. The van der Waals surface area contributed by atoms with Gasteiger partial charge in [-0.15, -0.1) is 0 Å². The molecule has 250 valence electrons. The van der Waals surface area contributed by atoms with Crippen LogP contribution in [0.15, 0.2) is 170 Å². The Morgan fingerprint density at radius 1 is 0.596 bits per heavy atom. The van der Waals surface area contributed by atoms with Crippen molar-refractivity contribution in [2.24, 2.45) is 0 Å². The van der Waals surface area contributed by atoms with E-state index in [9.17, 15) is 0 Å². The van der Waals surface area contributed by atoms with Crippen LogP contribution in [0, 0.1) is 6.85 Å². The van der Waals surface area contributed by atoms with Crippen molar-refractivity contribution in [3.8, 4) is 17.2 Å². The standard InChI is InChI=1S/C46H37N3OSi2/c1-32-17-14-26-39-44(32)47-46-48(37-24-10-11-25-38(37)49(39)46)33-18-15-23-36(31-33)52(34-19-6-4-7-20-34,35-21-8-5-9-22-35)43-30-16-29-42-45(43)50-40-27-12-13-28-41(40)51(42,2)3/h4-31H,1-3H3/i1D3,2D3,3D3. The average molecular weight is 713 g/mol. The lowest BCUT2D eigenvalue weighted by Crippen LogP contribution is -2.75. The molecule has 52 heavy (non-hydrogen) atoms. The van der Waals surface area contributed by atoms with Gasteiger partial charge in [0.05, 0.1) is 22.1 Å². The second kappa shape index (κ2) is 11.5. The monoisotopic (exact) mass is 712 g/mol. The molecule has 2 aromatic heterocycles. The van der Waals surface area contributed by atoms with Crippen LogP contribution in [-0.4, -0.2) is 30.1 Å². The van der Waals surface area contributed by atoms with E-state index in [1.54, 1.807) is 48.5 Å². The number of hydrogen-bond donors (Lipinski definition) is 0. The first kappa shape index (κ1) is 22.8. The molecule has 7 aromatic carbocycles. The number of fused-ring (bicyclic) bond motifs is 7.